The first-order valence-electron chi connectivity index (χ1n) is 12.0. The number of ether oxygens (including phenoxy) is 1. The Morgan fingerprint density at radius 3 is 2.32 bits per heavy atom. The number of aliphatic hydroxyl groups is 1. The van der Waals surface area contributed by atoms with Gasteiger partial charge in [0, 0.05) is 18.3 Å². The molecule has 1 N–H and O–H groups in total. The number of hydrogen-bond donors (Lipinski definition) is 1. The molecule has 0 spiro atoms. The van der Waals surface area contributed by atoms with Crippen molar-refractivity contribution >= 4 is 17.5 Å². The molecule has 3 aliphatic rings. The van der Waals surface area contributed by atoms with E-state index in [0.717, 1.165) is 37.7 Å². The lowest BCUT2D eigenvalue weighted by Crippen LogP contribution is -2.56. The van der Waals surface area contributed by atoms with Crippen LogP contribution in [-0.2, 0) is 19.1 Å². The van der Waals surface area contributed by atoms with Gasteiger partial charge >= 0.3 is 5.97 Å². The van der Waals surface area contributed by atoms with Crippen molar-refractivity contribution in [2.75, 3.05) is 0 Å². The van der Waals surface area contributed by atoms with Gasteiger partial charge in [0.25, 0.3) is 0 Å². The Balaban J connectivity index is 1.99. The molecule has 0 radical (unpaired) electrons. The van der Waals surface area contributed by atoms with E-state index in [9.17, 15) is 19.5 Å². The average Bonchev–Trinajstić information content (AvgIpc) is 2.97. The zero-order valence-electron chi connectivity index (χ0n) is 20.3. The van der Waals surface area contributed by atoms with Crippen LogP contribution in [0.5, 0.6) is 0 Å². The smallest absolute Gasteiger partial charge is 0.303 e. The molecule has 0 amide bonds. The molecule has 2 fully saturated rings. The van der Waals surface area contributed by atoms with Gasteiger partial charge in [-0.2, -0.15) is 0 Å². The van der Waals surface area contributed by atoms with Crippen molar-refractivity contribution in [3.63, 3.8) is 0 Å². The molecule has 5 heteroatoms. The molecule has 0 aromatic heterocycles. The highest BCUT2D eigenvalue weighted by Crippen LogP contribution is 2.65. The number of allylic oxidation sites excluding steroid dienone is 1. The van der Waals surface area contributed by atoms with Crippen LogP contribution in [0.2, 0.25) is 0 Å². The molecule has 8 unspecified atom stereocenters. The molecule has 3 rings (SSSR count). The van der Waals surface area contributed by atoms with Gasteiger partial charge in [-0.3, -0.25) is 14.4 Å². The lowest BCUT2D eigenvalue weighted by atomic mass is 9.49. The lowest BCUT2D eigenvalue weighted by molar-refractivity contribution is -0.183. The van der Waals surface area contributed by atoms with Crippen molar-refractivity contribution < 1.29 is 24.2 Å². The van der Waals surface area contributed by atoms with Gasteiger partial charge in [-0.1, -0.05) is 34.1 Å². The fourth-order valence-electron chi connectivity index (χ4n) is 7.90. The fraction of sp³-hybridized carbons (Fsp3) is 0.808. The van der Waals surface area contributed by atoms with E-state index in [1.165, 1.54) is 6.92 Å². The summed E-state index contributed by atoms with van der Waals surface area (Å²) >= 11 is 0. The highest BCUT2D eigenvalue weighted by molar-refractivity contribution is 5.94. The highest BCUT2D eigenvalue weighted by atomic mass is 16.6. The van der Waals surface area contributed by atoms with Crippen LogP contribution in [-0.4, -0.2) is 34.3 Å². The van der Waals surface area contributed by atoms with Crippen LogP contribution in [0, 0.1) is 34.5 Å². The number of esters is 1. The van der Waals surface area contributed by atoms with Gasteiger partial charge in [-0.25, -0.2) is 0 Å². The Morgan fingerprint density at radius 1 is 1.19 bits per heavy atom. The Kier molecular flexibility index (Phi) is 6.34. The summed E-state index contributed by atoms with van der Waals surface area (Å²) in [6.07, 6.45) is 5.99. The predicted octanol–water partition coefficient (Wildman–Crippen LogP) is 4.65. The first kappa shape index (κ1) is 24.2. The zero-order valence-corrected chi connectivity index (χ0v) is 20.3. The number of carbonyl (C=O) groups is 3. The van der Waals surface area contributed by atoms with Crippen LogP contribution in [0.4, 0.5) is 0 Å². The summed E-state index contributed by atoms with van der Waals surface area (Å²) in [5, 5.41) is 10.6. The van der Waals surface area contributed by atoms with Crippen molar-refractivity contribution in [3.05, 3.63) is 11.6 Å². The molecule has 31 heavy (non-hydrogen) atoms. The summed E-state index contributed by atoms with van der Waals surface area (Å²) in [7, 11) is 0. The zero-order chi connectivity index (χ0) is 23.4. The lowest BCUT2D eigenvalue weighted by Gasteiger charge is -2.56. The molecule has 8 atom stereocenters. The van der Waals surface area contributed by atoms with Crippen LogP contribution in [0.3, 0.4) is 0 Å². The van der Waals surface area contributed by atoms with E-state index in [4.69, 9.17) is 4.74 Å². The second kappa shape index (κ2) is 8.13. The van der Waals surface area contributed by atoms with E-state index in [0.29, 0.717) is 12.3 Å². The number of fused-ring (bicyclic) bond motifs is 1. The maximum Gasteiger partial charge on any atom is 0.303 e. The number of aliphatic hydroxyl groups excluding tert-OH is 1. The maximum absolute atomic E-state index is 12.8. The van der Waals surface area contributed by atoms with E-state index in [1.807, 2.05) is 6.92 Å². The van der Waals surface area contributed by atoms with Gasteiger partial charge in [0.1, 0.15) is 0 Å². The Bertz CT molecular complexity index is 798. The SMILES string of the molecule is CCC1C(C)C(=O)C=C(C(C)O)C1(C)C1CCC2(C)C(CCC2(OC(C)=O)C(C)=O)C1. The molecular formula is C26H40O5. The molecule has 0 aliphatic heterocycles. The van der Waals surface area contributed by atoms with Gasteiger partial charge < -0.3 is 9.84 Å². The largest absolute Gasteiger partial charge is 0.451 e. The van der Waals surface area contributed by atoms with Gasteiger partial charge in [-0.05, 0) is 80.8 Å². The molecule has 2 saturated carbocycles. The highest BCUT2D eigenvalue weighted by Gasteiger charge is 2.65. The minimum atomic E-state index is -1.03. The normalized spacial score (nSPS) is 43.7. The summed E-state index contributed by atoms with van der Waals surface area (Å²) in [5.41, 5.74) is -0.797. The van der Waals surface area contributed by atoms with Gasteiger partial charge in [0.2, 0.25) is 0 Å². The molecule has 0 aromatic rings. The van der Waals surface area contributed by atoms with Crippen molar-refractivity contribution in [2.45, 2.75) is 98.7 Å². The second-order valence-electron chi connectivity index (χ2n) is 10.9. The molecule has 0 saturated heterocycles. The van der Waals surface area contributed by atoms with Crippen LogP contribution in [0.15, 0.2) is 11.6 Å². The maximum atomic E-state index is 12.8. The van der Waals surface area contributed by atoms with Crippen LogP contribution < -0.4 is 0 Å². The van der Waals surface area contributed by atoms with Gasteiger partial charge in [-0.15, -0.1) is 0 Å². The molecule has 5 nitrogen and oxygen atoms in total. The number of rotatable bonds is 5. The number of Topliss-reactive ketones (excluding diaryl/α,β-unsaturated/α-hetero) is 1. The summed E-state index contributed by atoms with van der Waals surface area (Å²) in [6, 6.07) is 0. The van der Waals surface area contributed by atoms with Crippen LogP contribution in [0.1, 0.15) is 87.0 Å². The van der Waals surface area contributed by atoms with Crippen molar-refractivity contribution in [1.82, 2.24) is 0 Å². The number of hydrogen-bond acceptors (Lipinski definition) is 5. The average molecular weight is 433 g/mol. The summed E-state index contributed by atoms with van der Waals surface area (Å²) < 4.78 is 5.79. The monoisotopic (exact) mass is 432 g/mol. The molecule has 174 valence electrons. The Morgan fingerprint density at radius 2 is 1.81 bits per heavy atom. The molecular weight excluding hydrogens is 392 g/mol. The fourth-order valence-corrected chi connectivity index (χ4v) is 7.90. The van der Waals surface area contributed by atoms with Crippen molar-refractivity contribution in [2.24, 2.45) is 34.5 Å². The minimum absolute atomic E-state index is 0.0507. The second-order valence-corrected chi connectivity index (χ2v) is 10.9. The first-order valence-corrected chi connectivity index (χ1v) is 12.0. The van der Waals surface area contributed by atoms with E-state index >= 15 is 0 Å². The molecule has 0 bridgehead atoms. The van der Waals surface area contributed by atoms with E-state index < -0.39 is 17.7 Å². The van der Waals surface area contributed by atoms with Crippen molar-refractivity contribution in [3.8, 4) is 0 Å². The minimum Gasteiger partial charge on any atom is -0.451 e. The predicted molar refractivity (Wildman–Crippen MR) is 119 cm³/mol. The van der Waals surface area contributed by atoms with E-state index in [1.54, 1.807) is 19.9 Å². The summed E-state index contributed by atoms with van der Waals surface area (Å²) in [6.45, 7) is 13.2. The third-order valence-electron chi connectivity index (χ3n) is 9.62. The quantitative estimate of drug-likeness (QED) is 0.640. The van der Waals surface area contributed by atoms with Gasteiger partial charge in [0.05, 0.1) is 6.10 Å². The first-order chi connectivity index (χ1) is 14.3. The Hall–Kier alpha value is -1.49. The third kappa shape index (κ3) is 3.42. The standard InChI is InChI=1S/C26H40O5/c1-8-21-15(2)23(30)14-22(16(3)27)25(21,7)20-9-11-24(6)19(13-20)10-12-26(24,17(4)28)31-18(5)29/h14-16,19-21,27H,8-13H2,1-7H3. The van der Waals surface area contributed by atoms with Crippen molar-refractivity contribution in [1.29, 1.82) is 0 Å². The Labute approximate surface area is 187 Å². The number of carbonyl (C=O) groups excluding carboxylic acids is 3. The van der Waals surface area contributed by atoms with E-state index in [-0.39, 0.29) is 40.2 Å². The summed E-state index contributed by atoms with van der Waals surface area (Å²) in [5.74, 6) is 0.371. The summed E-state index contributed by atoms with van der Waals surface area (Å²) in [4.78, 5) is 37.4. The molecule has 0 aromatic carbocycles. The molecule has 0 heterocycles. The van der Waals surface area contributed by atoms with Crippen LogP contribution >= 0.6 is 0 Å². The molecule has 3 aliphatic carbocycles. The van der Waals surface area contributed by atoms with E-state index in [2.05, 4.69) is 20.8 Å². The van der Waals surface area contributed by atoms with Crippen LogP contribution in [0.25, 0.3) is 0 Å². The topological polar surface area (TPSA) is 80.7 Å². The third-order valence-corrected chi connectivity index (χ3v) is 9.62. The van der Waals surface area contributed by atoms with Gasteiger partial charge in [0.15, 0.2) is 17.2 Å². The number of ketones is 2.